The summed E-state index contributed by atoms with van der Waals surface area (Å²) >= 11 is 2.89. The Morgan fingerprint density at radius 1 is 1.36 bits per heavy atom. The number of halogens is 3. The topological polar surface area (TPSA) is 12.0 Å². The van der Waals surface area contributed by atoms with Crippen LogP contribution in [0.5, 0.6) is 0 Å². The first-order valence-electron chi connectivity index (χ1n) is 3.97. The van der Waals surface area contributed by atoms with Gasteiger partial charge in [0.25, 0.3) is 0 Å². The Balaban J connectivity index is 2.78. The summed E-state index contributed by atoms with van der Waals surface area (Å²) in [7, 11) is 0. The van der Waals surface area contributed by atoms with Gasteiger partial charge in [-0.15, -0.1) is 12.3 Å². The number of benzene rings is 1. The molecule has 4 heteroatoms. The van der Waals surface area contributed by atoms with Gasteiger partial charge < -0.3 is 5.32 Å². The van der Waals surface area contributed by atoms with Crippen LogP contribution in [0.4, 0.5) is 14.5 Å². The quantitative estimate of drug-likeness (QED) is 0.500. The van der Waals surface area contributed by atoms with E-state index in [4.69, 9.17) is 6.42 Å². The SMILES string of the molecule is C#CCCNc1cc(F)c(Br)cc1F. The third kappa shape index (κ3) is 2.71. The summed E-state index contributed by atoms with van der Waals surface area (Å²) in [5, 5.41) is 2.70. The maximum absolute atomic E-state index is 13.1. The Bertz CT molecular complexity index is 371. The van der Waals surface area contributed by atoms with Gasteiger partial charge in [0.1, 0.15) is 11.6 Å². The molecule has 1 nitrogen and oxygen atoms in total. The van der Waals surface area contributed by atoms with Gasteiger partial charge in [-0.3, -0.25) is 0 Å². The molecule has 1 rings (SSSR count). The number of nitrogens with one attached hydrogen (secondary N) is 1. The first kappa shape index (κ1) is 11.0. The molecule has 0 fully saturated rings. The Kier molecular flexibility index (Phi) is 3.90. The summed E-state index contributed by atoms with van der Waals surface area (Å²) in [6.07, 6.45) is 5.49. The van der Waals surface area contributed by atoms with E-state index in [-0.39, 0.29) is 10.2 Å². The fourth-order valence-corrected chi connectivity index (χ4v) is 1.24. The van der Waals surface area contributed by atoms with Gasteiger partial charge in [0.05, 0.1) is 10.2 Å². The molecule has 14 heavy (non-hydrogen) atoms. The molecular weight excluding hydrogens is 252 g/mol. The van der Waals surface area contributed by atoms with Crippen LogP contribution in [0.1, 0.15) is 6.42 Å². The molecule has 0 aromatic heterocycles. The van der Waals surface area contributed by atoms with E-state index in [0.29, 0.717) is 13.0 Å². The van der Waals surface area contributed by atoms with E-state index in [1.54, 1.807) is 0 Å². The standard InChI is InChI=1S/C10H8BrF2N/c1-2-3-4-14-10-6-8(12)7(11)5-9(10)13/h1,5-6,14H,3-4H2. The third-order valence-electron chi connectivity index (χ3n) is 1.59. The summed E-state index contributed by atoms with van der Waals surface area (Å²) in [5.74, 6) is 1.39. The van der Waals surface area contributed by atoms with Crippen LogP contribution >= 0.6 is 15.9 Å². The largest absolute Gasteiger partial charge is 0.382 e. The van der Waals surface area contributed by atoms with Crippen LogP contribution in [0.3, 0.4) is 0 Å². The highest BCUT2D eigenvalue weighted by molar-refractivity contribution is 9.10. The van der Waals surface area contributed by atoms with E-state index in [0.717, 1.165) is 12.1 Å². The minimum atomic E-state index is -0.505. The first-order valence-corrected chi connectivity index (χ1v) is 4.76. The predicted molar refractivity (Wildman–Crippen MR) is 56.0 cm³/mol. The van der Waals surface area contributed by atoms with E-state index < -0.39 is 11.6 Å². The smallest absolute Gasteiger partial charge is 0.147 e. The average Bonchev–Trinajstić information content (AvgIpc) is 2.14. The molecule has 1 aromatic carbocycles. The van der Waals surface area contributed by atoms with Gasteiger partial charge in [-0.05, 0) is 22.0 Å². The molecule has 0 saturated heterocycles. The van der Waals surface area contributed by atoms with Crippen molar-refractivity contribution >= 4 is 21.6 Å². The van der Waals surface area contributed by atoms with Crippen LogP contribution in [0, 0.1) is 24.0 Å². The minimum absolute atomic E-state index is 0.109. The minimum Gasteiger partial charge on any atom is -0.382 e. The number of anilines is 1. The normalized spacial score (nSPS) is 9.57. The summed E-state index contributed by atoms with van der Waals surface area (Å²) in [6.45, 7) is 0.425. The molecular formula is C10H8BrF2N. The molecule has 0 amide bonds. The zero-order valence-corrected chi connectivity index (χ0v) is 8.87. The van der Waals surface area contributed by atoms with Crippen molar-refractivity contribution in [3.8, 4) is 12.3 Å². The summed E-state index contributed by atoms with van der Waals surface area (Å²) in [4.78, 5) is 0. The van der Waals surface area contributed by atoms with Crippen molar-refractivity contribution in [3.05, 3.63) is 28.2 Å². The first-order chi connectivity index (χ1) is 6.65. The molecule has 1 N–H and O–H groups in total. The fraction of sp³-hybridized carbons (Fsp3) is 0.200. The molecule has 0 heterocycles. The molecule has 0 saturated carbocycles. The lowest BCUT2D eigenvalue weighted by atomic mass is 10.3. The highest BCUT2D eigenvalue weighted by Gasteiger charge is 2.06. The van der Waals surface area contributed by atoms with Crippen LogP contribution in [0.15, 0.2) is 16.6 Å². The van der Waals surface area contributed by atoms with Gasteiger partial charge in [0.2, 0.25) is 0 Å². The van der Waals surface area contributed by atoms with Crippen LogP contribution in [0.2, 0.25) is 0 Å². The molecule has 0 spiro atoms. The molecule has 74 valence electrons. The highest BCUT2D eigenvalue weighted by Crippen LogP contribution is 2.23. The Morgan fingerprint density at radius 2 is 2.07 bits per heavy atom. The van der Waals surface area contributed by atoms with Crippen molar-refractivity contribution in [1.29, 1.82) is 0 Å². The van der Waals surface area contributed by atoms with Crippen LogP contribution in [-0.2, 0) is 0 Å². The van der Waals surface area contributed by atoms with Crippen LogP contribution in [0.25, 0.3) is 0 Å². The number of rotatable bonds is 3. The molecule has 0 aliphatic heterocycles. The van der Waals surface area contributed by atoms with Crippen molar-refractivity contribution in [2.24, 2.45) is 0 Å². The maximum atomic E-state index is 13.1. The van der Waals surface area contributed by atoms with Crippen molar-refractivity contribution < 1.29 is 8.78 Å². The molecule has 1 aromatic rings. The van der Waals surface area contributed by atoms with Gasteiger partial charge >= 0.3 is 0 Å². The van der Waals surface area contributed by atoms with Gasteiger partial charge in [0, 0.05) is 19.0 Å². The molecule has 0 unspecified atom stereocenters. The highest BCUT2D eigenvalue weighted by atomic mass is 79.9. The number of hydrogen-bond donors (Lipinski definition) is 1. The van der Waals surface area contributed by atoms with Crippen molar-refractivity contribution in [1.82, 2.24) is 0 Å². The lowest BCUT2D eigenvalue weighted by Crippen LogP contribution is -2.03. The Morgan fingerprint density at radius 3 is 2.71 bits per heavy atom. The Hall–Kier alpha value is -1.08. The molecule has 0 aliphatic carbocycles. The lowest BCUT2D eigenvalue weighted by molar-refractivity contribution is 0.596. The monoisotopic (exact) mass is 259 g/mol. The zero-order valence-electron chi connectivity index (χ0n) is 7.28. The van der Waals surface area contributed by atoms with E-state index in [2.05, 4.69) is 27.2 Å². The van der Waals surface area contributed by atoms with Gasteiger partial charge in [-0.2, -0.15) is 0 Å². The molecule has 0 bridgehead atoms. The molecule has 0 radical (unpaired) electrons. The van der Waals surface area contributed by atoms with Crippen molar-refractivity contribution in [2.45, 2.75) is 6.42 Å². The van der Waals surface area contributed by atoms with Crippen molar-refractivity contribution in [3.63, 3.8) is 0 Å². The van der Waals surface area contributed by atoms with E-state index in [1.807, 2.05) is 0 Å². The predicted octanol–water partition coefficient (Wildman–Crippen LogP) is 3.16. The summed E-state index contributed by atoms with van der Waals surface area (Å²) in [5.41, 5.74) is 0.126. The second-order valence-electron chi connectivity index (χ2n) is 2.63. The third-order valence-corrected chi connectivity index (χ3v) is 2.20. The number of hydrogen-bond acceptors (Lipinski definition) is 1. The van der Waals surface area contributed by atoms with E-state index in [9.17, 15) is 8.78 Å². The fourth-order valence-electron chi connectivity index (χ4n) is 0.927. The Labute approximate surface area is 89.6 Å². The molecule has 0 aliphatic rings. The molecule has 0 atom stereocenters. The maximum Gasteiger partial charge on any atom is 0.147 e. The van der Waals surface area contributed by atoms with Crippen molar-refractivity contribution in [2.75, 3.05) is 11.9 Å². The summed E-state index contributed by atoms with van der Waals surface area (Å²) < 4.78 is 26.2. The van der Waals surface area contributed by atoms with Gasteiger partial charge in [-0.1, -0.05) is 0 Å². The van der Waals surface area contributed by atoms with E-state index >= 15 is 0 Å². The average molecular weight is 260 g/mol. The summed E-state index contributed by atoms with van der Waals surface area (Å²) in [6, 6.07) is 2.17. The van der Waals surface area contributed by atoms with Gasteiger partial charge in [0.15, 0.2) is 0 Å². The van der Waals surface area contributed by atoms with Crippen LogP contribution < -0.4 is 5.32 Å². The van der Waals surface area contributed by atoms with Crippen LogP contribution in [-0.4, -0.2) is 6.54 Å². The second kappa shape index (κ2) is 4.97. The van der Waals surface area contributed by atoms with E-state index in [1.165, 1.54) is 0 Å². The lowest BCUT2D eigenvalue weighted by Gasteiger charge is -2.06. The second-order valence-corrected chi connectivity index (χ2v) is 3.48. The number of terminal acetylenes is 1. The zero-order chi connectivity index (χ0) is 10.6. The van der Waals surface area contributed by atoms with Gasteiger partial charge in [-0.25, -0.2) is 8.78 Å².